The maximum absolute atomic E-state index is 12.3. The van der Waals surface area contributed by atoms with Crippen molar-refractivity contribution in [2.75, 3.05) is 12.8 Å². The van der Waals surface area contributed by atoms with Gasteiger partial charge in [0.05, 0.1) is 5.41 Å². The van der Waals surface area contributed by atoms with Crippen LogP contribution in [0.5, 0.6) is 0 Å². The number of rotatable bonds is 8. The summed E-state index contributed by atoms with van der Waals surface area (Å²) in [7, 11) is -1.85. The van der Waals surface area contributed by atoms with E-state index in [-0.39, 0.29) is 11.4 Å². The SMILES string of the molecule is CCO[Si](C)(C)COC(=O)C(C)(C)CC(C)(C)CC. The molecule has 0 aliphatic rings. The Morgan fingerprint density at radius 3 is 2.05 bits per heavy atom. The van der Waals surface area contributed by atoms with Gasteiger partial charge in [-0.05, 0) is 45.7 Å². The van der Waals surface area contributed by atoms with Gasteiger partial charge in [-0.15, -0.1) is 0 Å². The topological polar surface area (TPSA) is 35.5 Å². The molecule has 3 nitrogen and oxygen atoms in total. The third-order valence-corrected chi connectivity index (χ3v) is 5.43. The molecule has 0 amide bonds. The lowest BCUT2D eigenvalue weighted by molar-refractivity contribution is -0.154. The standard InChI is InChI=1S/C15H32O3Si/c1-9-14(3,4)11-15(5,6)13(16)17-12-19(7,8)18-10-2/h9-12H2,1-8H3. The van der Waals surface area contributed by atoms with Gasteiger partial charge >= 0.3 is 5.97 Å². The molecule has 0 fully saturated rings. The van der Waals surface area contributed by atoms with Crippen LogP contribution in [-0.4, -0.2) is 27.1 Å². The van der Waals surface area contributed by atoms with E-state index in [2.05, 4.69) is 33.9 Å². The first-order valence-electron chi connectivity index (χ1n) is 7.27. The van der Waals surface area contributed by atoms with Gasteiger partial charge in [0.25, 0.3) is 0 Å². The second-order valence-electron chi connectivity index (χ2n) is 7.35. The van der Waals surface area contributed by atoms with Gasteiger partial charge in [-0.25, -0.2) is 0 Å². The summed E-state index contributed by atoms with van der Waals surface area (Å²) in [6.45, 7) is 17.3. The molecule has 0 aromatic rings. The first-order valence-corrected chi connectivity index (χ1v) is 10.4. The lowest BCUT2D eigenvalue weighted by Gasteiger charge is -2.33. The average Bonchev–Trinajstić information content (AvgIpc) is 2.24. The second kappa shape index (κ2) is 6.89. The van der Waals surface area contributed by atoms with E-state index < -0.39 is 13.7 Å². The molecule has 0 spiro atoms. The highest BCUT2D eigenvalue weighted by Gasteiger charge is 2.36. The van der Waals surface area contributed by atoms with E-state index in [0.29, 0.717) is 12.8 Å². The molecule has 0 N–H and O–H groups in total. The Kier molecular flexibility index (Phi) is 6.76. The number of hydrogen-bond acceptors (Lipinski definition) is 3. The highest BCUT2D eigenvalue weighted by atomic mass is 28.4. The highest BCUT2D eigenvalue weighted by molar-refractivity contribution is 6.71. The minimum atomic E-state index is -1.85. The van der Waals surface area contributed by atoms with E-state index >= 15 is 0 Å². The van der Waals surface area contributed by atoms with Crippen LogP contribution in [0.1, 0.15) is 54.4 Å². The predicted octanol–water partition coefficient (Wildman–Crippen LogP) is 4.16. The van der Waals surface area contributed by atoms with E-state index in [1.807, 2.05) is 20.8 Å². The minimum absolute atomic E-state index is 0.102. The first-order chi connectivity index (χ1) is 8.46. The first kappa shape index (κ1) is 18.6. The Morgan fingerprint density at radius 1 is 1.11 bits per heavy atom. The van der Waals surface area contributed by atoms with Crippen LogP contribution in [0.25, 0.3) is 0 Å². The van der Waals surface area contributed by atoms with E-state index in [9.17, 15) is 4.79 Å². The van der Waals surface area contributed by atoms with Gasteiger partial charge in [-0.3, -0.25) is 4.79 Å². The smallest absolute Gasteiger partial charge is 0.311 e. The van der Waals surface area contributed by atoms with Crippen LogP contribution in [0.2, 0.25) is 13.1 Å². The van der Waals surface area contributed by atoms with Crippen molar-refractivity contribution in [3.05, 3.63) is 0 Å². The molecule has 0 unspecified atom stereocenters. The highest BCUT2D eigenvalue weighted by Crippen LogP contribution is 2.36. The molecular weight excluding hydrogens is 256 g/mol. The van der Waals surface area contributed by atoms with Crippen molar-refractivity contribution in [2.24, 2.45) is 10.8 Å². The van der Waals surface area contributed by atoms with Crippen LogP contribution in [0, 0.1) is 10.8 Å². The lowest BCUT2D eigenvalue weighted by atomic mass is 9.74. The molecule has 19 heavy (non-hydrogen) atoms. The zero-order chi connectivity index (χ0) is 15.3. The molecular formula is C15H32O3Si. The Morgan fingerprint density at radius 2 is 1.63 bits per heavy atom. The average molecular weight is 289 g/mol. The summed E-state index contributed by atoms with van der Waals surface area (Å²) in [5, 5.41) is 0. The van der Waals surface area contributed by atoms with Crippen LogP contribution in [0.15, 0.2) is 0 Å². The molecule has 0 aliphatic carbocycles. The molecule has 0 bridgehead atoms. The van der Waals surface area contributed by atoms with Gasteiger partial charge in [0, 0.05) is 6.61 Å². The maximum atomic E-state index is 12.3. The van der Waals surface area contributed by atoms with Crippen molar-refractivity contribution in [3.63, 3.8) is 0 Å². The molecule has 0 heterocycles. The van der Waals surface area contributed by atoms with Crippen molar-refractivity contribution in [1.82, 2.24) is 0 Å². The van der Waals surface area contributed by atoms with Crippen LogP contribution < -0.4 is 0 Å². The van der Waals surface area contributed by atoms with Crippen molar-refractivity contribution in [1.29, 1.82) is 0 Å². The second-order valence-corrected chi connectivity index (χ2v) is 11.4. The fourth-order valence-corrected chi connectivity index (χ4v) is 3.60. The molecule has 0 radical (unpaired) electrons. The summed E-state index contributed by atoms with van der Waals surface area (Å²) >= 11 is 0. The molecule has 0 aromatic carbocycles. The lowest BCUT2D eigenvalue weighted by Crippen LogP contribution is -2.41. The normalized spacial score (nSPS) is 13.5. The summed E-state index contributed by atoms with van der Waals surface area (Å²) in [5.41, 5.74) is -0.272. The summed E-state index contributed by atoms with van der Waals surface area (Å²) < 4.78 is 11.2. The number of ether oxygens (including phenoxy) is 1. The van der Waals surface area contributed by atoms with E-state index in [0.717, 1.165) is 12.8 Å². The Labute approximate surface area is 120 Å². The molecule has 0 saturated heterocycles. The molecule has 0 aromatic heterocycles. The van der Waals surface area contributed by atoms with Gasteiger partial charge in [0.15, 0.2) is 0 Å². The Balaban J connectivity index is 4.48. The van der Waals surface area contributed by atoms with E-state index in [4.69, 9.17) is 9.16 Å². The van der Waals surface area contributed by atoms with E-state index in [1.165, 1.54) is 0 Å². The molecule has 4 heteroatoms. The van der Waals surface area contributed by atoms with Gasteiger partial charge in [-0.2, -0.15) is 0 Å². The largest absolute Gasteiger partial charge is 0.466 e. The van der Waals surface area contributed by atoms with Crippen molar-refractivity contribution < 1.29 is 14.0 Å². The van der Waals surface area contributed by atoms with Crippen LogP contribution in [0.4, 0.5) is 0 Å². The van der Waals surface area contributed by atoms with Gasteiger partial charge in [0.2, 0.25) is 8.32 Å². The minimum Gasteiger partial charge on any atom is -0.466 e. The monoisotopic (exact) mass is 288 g/mol. The fraction of sp³-hybridized carbons (Fsp3) is 0.933. The molecule has 0 atom stereocenters. The number of hydrogen-bond donors (Lipinski definition) is 0. The van der Waals surface area contributed by atoms with Crippen LogP contribution in [0.3, 0.4) is 0 Å². The van der Waals surface area contributed by atoms with Crippen LogP contribution >= 0.6 is 0 Å². The summed E-state index contributed by atoms with van der Waals surface area (Å²) in [5.74, 6) is -0.102. The van der Waals surface area contributed by atoms with Gasteiger partial charge in [0.1, 0.15) is 6.23 Å². The third kappa shape index (κ3) is 7.11. The quantitative estimate of drug-likeness (QED) is 0.497. The third-order valence-electron chi connectivity index (χ3n) is 3.52. The zero-order valence-corrected chi connectivity index (χ0v) is 15.1. The van der Waals surface area contributed by atoms with Crippen molar-refractivity contribution >= 4 is 14.3 Å². The number of carbonyl (C=O) groups is 1. The Hall–Kier alpha value is -0.353. The molecule has 0 aliphatic heterocycles. The van der Waals surface area contributed by atoms with E-state index in [1.54, 1.807) is 0 Å². The van der Waals surface area contributed by atoms with Crippen molar-refractivity contribution in [3.8, 4) is 0 Å². The molecule has 114 valence electrons. The number of carbonyl (C=O) groups excluding carboxylic acids is 1. The summed E-state index contributed by atoms with van der Waals surface area (Å²) in [6.07, 6.45) is 2.34. The predicted molar refractivity (Wildman–Crippen MR) is 82.5 cm³/mol. The van der Waals surface area contributed by atoms with Gasteiger partial charge in [-0.1, -0.05) is 27.2 Å². The summed E-state index contributed by atoms with van der Waals surface area (Å²) in [6, 6.07) is 0. The molecule has 0 rings (SSSR count). The molecule has 0 saturated carbocycles. The zero-order valence-electron chi connectivity index (χ0n) is 14.1. The number of esters is 1. The maximum Gasteiger partial charge on any atom is 0.311 e. The summed E-state index contributed by atoms with van der Waals surface area (Å²) in [4.78, 5) is 12.3. The van der Waals surface area contributed by atoms with Crippen molar-refractivity contribution in [2.45, 2.75) is 67.5 Å². The van der Waals surface area contributed by atoms with Gasteiger partial charge < -0.3 is 9.16 Å². The van der Waals surface area contributed by atoms with Crippen LogP contribution in [-0.2, 0) is 14.0 Å². The Bertz CT molecular complexity index is 296. The fourth-order valence-electron chi connectivity index (χ4n) is 2.26.